The molecule has 1 amide bonds. The van der Waals surface area contributed by atoms with Crippen LogP contribution in [-0.2, 0) is 11.0 Å². The fourth-order valence-corrected chi connectivity index (χ4v) is 3.88. The second-order valence-corrected chi connectivity index (χ2v) is 7.83. The molecule has 0 saturated carbocycles. The number of nitrogens with zero attached hydrogens (tertiary/aromatic N) is 6. The Labute approximate surface area is 179 Å². The first-order chi connectivity index (χ1) is 14.7. The quantitative estimate of drug-likeness (QED) is 0.635. The maximum absolute atomic E-state index is 13.0. The molecule has 172 valence electrons. The van der Waals surface area contributed by atoms with Gasteiger partial charge in [-0.1, -0.05) is 13.8 Å². The van der Waals surface area contributed by atoms with Crippen molar-refractivity contribution in [1.82, 2.24) is 29.8 Å². The van der Waals surface area contributed by atoms with Gasteiger partial charge in [-0.05, 0) is 45.8 Å². The molecule has 0 atom stereocenters. The highest BCUT2D eigenvalue weighted by molar-refractivity contribution is 5.78. The van der Waals surface area contributed by atoms with Crippen LogP contribution in [0.25, 0.3) is 5.78 Å². The fourth-order valence-electron chi connectivity index (χ4n) is 3.88. The standard InChI is InChI=1S/C20H30F3N7O/c1-4-28(5-2)10-6-9-24-17(31)15-7-11-29(12-8-15)16-13-14(3)25-19-26-18(20(21,22)23)27-30(16)19/h13,15H,4-12H2,1-3H3,(H,24,31). The summed E-state index contributed by atoms with van der Waals surface area (Å²) in [7, 11) is 0. The zero-order valence-electron chi connectivity index (χ0n) is 18.2. The van der Waals surface area contributed by atoms with E-state index in [-0.39, 0.29) is 17.6 Å². The lowest BCUT2D eigenvalue weighted by atomic mass is 9.96. The predicted molar refractivity (Wildman–Crippen MR) is 111 cm³/mol. The van der Waals surface area contributed by atoms with E-state index in [0.29, 0.717) is 44.0 Å². The van der Waals surface area contributed by atoms with E-state index in [1.54, 1.807) is 13.0 Å². The van der Waals surface area contributed by atoms with Crippen molar-refractivity contribution >= 4 is 17.5 Å². The molecule has 31 heavy (non-hydrogen) atoms. The summed E-state index contributed by atoms with van der Waals surface area (Å²) in [5, 5.41) is 6.65. The van der Waals surface area contributed by atoms with Crippen LogP contribution in [-0.4, -0.2) is 69.7 Å². The topological polar surface area (TPSA) is 78.7 Å². The van der Waals surface area contributed by atoms with Crippen molar-refractivity contribution in [3.63, 3.8) is 0 Å². The van der Waals surface area contributed by atoms with Crippen LogP contribution in [0, 0.1) is 12.8 Å². The van der Waals surface area contributed by atoms with Crippen LogP contribution in [0.1, 0.15) is 44.6 Å². The molecule has 8 nitrogen and oxygen atoms in total. The number of alkyl halides is 3. The van der Waals surface area contributed by atoms with Crippen LogP contribution < -0.4 is 10.2 Å². The van der Waals surface area contributed by atoms with Crippen LogP contribution in [0.3, 0.4) is 0 Å². The summed E-state index contributed by atoms with van der Waals surface area (Å²) in [6.45, 7) is 10.7. The Kier molecular flexibility index (Phi) is 7.34. The maximum atomic E-state index is 13.0. The van der Waals surface area contributed by atoms with E-state index in [0.717, 1.165) is 30.6 Å². The smallest absolute Gasteiger partial charge is 0.356 e. The second-order valence-electron chi connectivity index (χ2n) is 7.83. The molecule has 1 fully saturated rings. The van der Waals surface area contributed by atoms with Gasteiger partial charge in [0.25, 0.3) is 11.6 Å². The number of rotatable bonds is 8. The van der Waals surface area contributed by atoms with E-state index in [2.05, 4.69) is 39.1 Å². The number of hydrogen-bond acceptors (Lipinski definition) is 6. The van der Waals surface area contributed by atoms with E-state index >= 15 is 0 Å². The Balaban J connectivity index is 1.59. The van der Waals surface area contributed by atoms with Crippen molar-refractivity contribution in [1.29, 1.82) is 0 Å². The monoisotopic (exact) mass is 441 g/mol. The molecule has 1 aliphatic rings. The lowest BCUT2D eigenvalue weighted by Crippen LogP contribution is -2.41. The number of amides is 1. The van der Waals surface area contributed by atoms with E-state index in [1.807, 2.05) is 4.90 Å². The average molecular weight is 442 g/mol. The lowest BCUT2D eigenvalue weighted by molar-refractivity contribution is -0.144. The molecule has 0 bridgehead atoms. The Morgan fingerprint density at radius 3 is 2.52 bits per heavy atom. The van der Waals surface area contributed by atoms with Crippen molar-refractivity contribution in [2.45, 2.75) is 46.2 Å². The molecule has 2 aromatic rings. The molecule has 3 heterocycles. The van der Waals surface area contributed by atoms with Gasteiger partial charge in [-0.15, -0.1) is 5.10 Å². The van der Waals surface area contributed by atoms with Crippen LogP contribution in [0.15, 0.2) is 6.07 Å². The van der Waals surface area contributed by atoms with Gasteiger partial charge < -0.3 is 15.1 Å². The molecule has 0 aliphatic carbocycles. The minimum atomic E-state index is -4.63. The van der Waals surface area contributed by atoms with E-state index < -0.39 is 12.0 Å². The van der Waals surface area contributed by atoms with Gasteiger partial charge in [-0.2, -0.15) is 22.7 Å². The van der Waals surface area contributed by atoms with Crippen molar-refractivity contribution in [2.24, 2.45) is 5.92 Å². The van der Waals surface area contributed by atoms with Gasteiger partial charge >= 0.3 is 6.18 Å². The van der Waals surface area contributed by atoms with Crippen LogP contribution >= 0.6 is 0 Å². The number of carbonyl (C=O) groups excluding carboxylic acids is 1. The largest absolute Gasteiger partial charge is 0.453 e. The van der Waals surface area contributed by atoms with E-state index in [9.17, 15) is 18.0 Å². The molecule has 1 aliphatic heterocycles. The third kappa shape index (κ3) is 5.63. The highest BCUT2D eigenvalue weighted by atomic mass is 19.4. The molecule has 11 heteroatoms. The summed E-state index contributed by atoms with van der Waals surface area (Å²) in [5.41, 5.74) is 0.566. The molecule has 0 unspecified atom stereocenters. The minimum Gasteiger partial charge on any atom is -0.356 e. The first-order valence-corrected chi connectivity index (χ1v) is 10.8. The Morgan fingerprint density at radius 2 is 1.90 bits per heavy atom. The van der Waals surface area contributed by atoms with Crippen molar-refractivity contribution < 1.29 is 18.0 Å². The molecule has 0 spiro atoms. The number of aryl methyl sites for hydroxylation is 1. The molecule has 1 saturated heterocycles. The minimum absolute atomic E-state index is 0.0513. The average Bonchev–Trinajstić information content (AvgIpc) is 3.18. The van der Waals surface area contributed by atoms with Gasteiger partial charge in [-0.3, -0.25) is 4.79 Å². The van der Waals surface area contributed by atoms with Gasteiger partial charge in [0.15, 0.2) is 0 Å². The Bertz CT molecular complexity index is 887. The van der Waals surface area contributed by atoms with Gasteiger partial charge in [0.05, 0.1) is 0 Å². The molecular weight excluding hydrogens is 411 g/mol. The first kappa shape index (κ1) is 23.2. The fraction of sp³-hybridized carbons (Fsp3) is 0.700. The number of hydrogen-bond donors (Lipinski definition) is 1. The number of nitrogens with one attached hydrogen (secondary N) is 1. The molecule has 1 N–H and O–H groups in total. The first-order valence-electron chi connectivity index (χ1n) is 10.8. The van der Waals surface area contributed by atoms with Crippen molar-refractivity contribution in [2.75, 3.05) is 44.2 Å². The Hall–Kier alpha value is -2.43. The number of aromatic nitrogens is 4. The third-order valence-corrected chi connectivity index (χ3v) is 5.71. The summed E-state index contributed by atoms with van der Waals surface area (Å²) >= 11 is 0. The Morgan fingerprint density at radius 1 is 1.23 bits per heavy atom. The van der Waals surface area contributed by atoms with Crippen LogP contribution in [0.4, 0.5) is 19.0 Å². The summed E-state index contributed by atoms with van der Waals surface area (Å²) in [6, 6.07) is 1.70. The number of anilines is 1. The predicted octanol–water partition coefficient (Wildman–Crippen LogP) is 2.52. The van der Waals surface area contributed by atoms with E-state index in [4.69, 9.17) is 0 Å². The molecule has 2 aromatic heterocycles. The molecule has 0 radical (unpaired) electrons. The summed E-state index contributed by atoms with van der Waals surface area (Å²) < 4.78 is 40.2. The lowest BCUT2D eigenvalue weighted by Gasteiger charge is -2.33. The zero-order valence-corrected chi connectivity index (χ0v) is 18.2. The van der Waals surface area contributed by atoms with E-state index in [1.165, 1.54) is 0 Å². The molecular formula is C20H30F3N7O. The van der Waals surface area contributed by atoms with Gasteiger partial charge in [0.2, 0.25) is 5.91 Å². The number of fused-ring (bicyclic) bond motifs is 1. The SMILES string of the molecule is CCN(CC)CCCNC(=O)C1CCN(c2cc(C)nc3nc(C(F)(F)F)nn23)CC1. The summed E-state index contributed by atoms with van der Waals surface area (Å²) in [4.78, 5) is 24.4. The number of piperidine rings is 1. The summed E-state index contributed by atoms with van der Waals surface area (Å²) in [5.74, 6) is -0.801. The number of carbonyl (C=O) groups is 1. The van der Waals surface area contributed by atoms with Crippen LogP contribution in [0.5, 0.6) is 0 Å². The normalized spacial score (nSPS) is 15.8. The zero-order chi connectivity index (χ0) is 22.6. The maximum Gasteiger partial charge on any atom is 0.453 e. The highest BCUT2D eigenvalue weighted by Crippen LogP contribution is 2.29. The van der Waals surface area contributed by atoms with Gasteiger partial charge in [0, 0.05) is 37.3 Å². The summed E-state index contributed by atoms with van der Waals surface area (Å²) in [6.07, 6.45) is -2.46. The number of halogens is 3. The van der Waals surface area contributed by atoms with Crippen molar-refractivity contribution in [3.8, 4) is 0 Å². The van der Waals surface area contributed by atoms with Crippen LogP contribution in [0.2, 0.25) is 0 Å². The highest BCUT2D eigenvalue weighted by Gasteiger charge is 2.37. The van der Waals surface area contributed by atoms with Gasteiger partial charge in [-0.25, -0.2) is 4.98 Å². The third-order valence-electron chi connectivity index (χ3n) is 5.71. The van der Waals surface area contributed by atoms with Crippen molar-refractivity contribution in [3.05, 3.63) is 17.6 Å². The van der Waals surface area contributed by atoms with Gasteiger partial charge in [0.1, 0.15) is 5.82 Å². The molecule has 0 aromatic carbocycles. The second kappa shape index (κ2) is 9.80. The molecule has 3 rings (SSSR count).